The molecule has 0 atom stereocenters. The summed E-state index contributed by atoms with van der Waals surface area (Å²) in [5.41, 5.74) is 2.95. The molecule has 2 rings (SSSR count). The van der Waals surface area contributed by atoms with Crippen LogP contribution in [-0.2, 0) is 27.4 Å². The van der Waals surface area contributed by atoms with Crippen LogP contribution in [0.1, 0.15) is 23.6 Å². The van der Waals surface area contributed by atoms with Gasteiger partial charge in [-0.3, -0.25) is 0 Å². The molecule has 0 saturated heterocycles. The fourth-order valence-corrected chi connectivity index (χ4v) is 2.47. The number of carboxylic acids is 1. The van der Waals surface area contributed by atoms with Gasteiger partial charge < -0.3 is 14.7 Å². The maximum Gasteiger partial charge on any atom is 0.335 e. The van der Waals surface area contributed by atoms with E-state index in [1.807, 2.05) is 48.5 Å². The molecule has 0 spiro atoms. The van der Waals surface area contributed by atoms with Gasteiger partial charge in [0, 0.05) is 6.42 Å². The Bertz CT molecular complexity index is 754. The molecule has 0 heterocycles. The maximum absolute atomic E-state index is 11.3. The van der Waals surface area contributed by atoms with Crippen molar-refractivity contribution in [2.24, 2.45) is 5.16 Å². The average molecular weight is 353 g/mol. The van der Waals surface area contributed by atoms with Gasteiger partial charge in [-0.05, 0) is 23.6 Å². The third-order valence-electron chi connectivity index (χ3n) is 3.75. The van der Waals surface area contributed by atoms with E-state index in [1.165, 1.54) is 5.56 Å². The topological polar surface area (TPSA) is 68.1 Å². The molecule has 26 heavy (non-hydrogen) atoms. The van der Waals surface area contributed by atoms with E-state index in [4.69, 9.17) is 9.57 Å². The van der Waals surface area contributed by atoms with Gasteiger partial charge in [0.05, 0.1) is 25.0 Å². The average Bonchev–Trinajstić information content (AvgIpc) is 2.66. The molecule has 5 heteroatoms. The van der Waals surface area contributed by atoms with E-state index >= 15 is 0 Å². The summed E-state index contributed by atoms with van der Waals surface area (Å²) in [5.74, 6) is -0.951. The first-order valence-corrected chi connectivity index (χ1v) is 8.45. The van der Waals surface area contributed by atoms with E-state index in [-0.39, 0.29) is 12.2 Å². The van der Waals surface area contributed by atoms with Crippen molar-refractivity contribution >= 4 is 17.8 Å². The number of aliphatic carboxylic acids is 1. The molecule has 2 aromatic carbocycles. The van der Waals surface area contributed by atoms with Crippen molar-refractivity contribution in [3.63, 3.8) is 0 Å². The third-order valence-corrected chi connectivity index (χ3v) is 3.75. The van der Waals surface area contributed by atoms with Gasteiger partial charge in [0.25, 0.3) is 0 Å². The number of nitrogens with zero attached hydrogens (tertiary/aromatic N) is 1. The Kier molecular flexibility index (Phi) is 8.09. The number of rotatable bonds is 10. The quantitative estimate of drug-likeness (QED) is 0.304. The van der Waals surface area contributed by atoms with E-state index in [1.54, 1.807) is 25.3 Å². The number of hydrogen-bond acceptors (Lipinski definition) is 4. The Morgan fingerprint density at radius 3 is 2.58 bits per heavy atom. The molecule has 0 aromatic heterocycles. The smallest absolute Gasteiger partial charge is 0.335 e. The summed E-state index contributed by atoms with van der Waals surface area (Å²) in [6.45, 7) is 2.81. The number of ether oxygens (including phenoxy) is 1. The summed E-state index contributed by atoms with van der Waals surface area (Å²) in [5, 5.41) is 13.1. The van der Waals surface area contributed by atoms with Crippen LogP contribution in [-0.4, -0.2) is 30.5 Å². The number of allylic oxidation sites excluding steroid dienone is 1. The number of carbonyl (C=O) groups is 1. The molecule has 0 unspecified atom stereocenters. The Morgan fingerprint density at radius 2 is 1.85 bits per heavy atom. The summed E-state index contributed by atoms with van der Waals surface area (Å²) in [6.07, 6.45) is 3.94. The number of oxime groups is 1. The van der Waals surface area contributed by atoms with Crippen molar-refractivity contribution in [3.8, 4) is 0 Å². The number of benzene rings is 2. The number of hydrogen-bond donors (Lipinski definition) is 1. The lowest BCUT2D eigenvalue weighted by atomic mass is 10.00. The molecule has 136 valence electrons. The van der Waals surface area contributed by atoms with Crippen LogP contribution in [0.5, 0.6) is 0 Å². The largest absolute Gasteiger partial charge is 0.478 e. The summed E-state index contributed by atoms with van der Waals surface area (Å²) in [6, 6.07) is 17.4. The lowest BCUT2D eigenvalue weighted by molar-refractivity contribution is -0.130. The van der Waals surface area contributed by atoms with Crippen LogP contribution in [0.15, 0.2) is 65.8 Å². The molecule has 5 nitrogen and oxygen atoms in total. The van der Waals surface area contributed by atoms with Crippen LogP contribution in [0.4, 0.5) is 0 Å². The van der Waals surface area contributed by atoms with Gasteiger partial charge in [-0.1, -0.05) is 65.8 Å². The second-order valence-corrected chi connectivity index (χ2v) is 5.54. The molecule has 0 aliphatic heterocycles. The molecule has 0 radical (unpaired) electrons. The molecule has 0 aliphatic carbocycles. The summed E-state index contributed by atoms with van der Waals surface area (Å²) in [7, 11) is 0. The second-order valence-electron chi connectivity index (χ2n) is 5.54. The van der Waals surface area contributed by atoms with Crippen LogP contribution >= 0.6 is 0 Å². The highest BCUT2D eigenvalue weighted by atomic mass is 16.6. The normalized spacial score (nSPS) is 11.7. The summed E-state index contributed by atoms with van der Waals surface area (Å²) >= 11 is 0. The predicted octanol–water partition coefficient (Wildman–Crippen LogP) is 3.94. The zero-order valence-corrected chi connectivity index (χ0v) is 14.8. The molecule has 0 saturated carbocycles. The van der Waals surface area contributed by atoms with Gasteiger partial charge in [-0.25, -0.2) is 4.79 Å². The van der Waals surface area contributed by atoms with E-state index in [0.717, 1.165) is 12.0 Å². The fraction of sp³-hybridized carbons (Fsp3) is 0.238. The summed E-state index contributed by atoms with van der Waals surface area (Å²) in [4.78, 5) is 16.5. The van der Waals surface area contributed by atoms with Crippen molar-refractivity contribution in [1.82, 2.24) is 0 Å². The molecule has 0 aliphatic rings. The second kappa shape index (κ2) is 10.8. The minimum atomic E-state index is -0.951. The first-order valence-electron chi connectivity index (χ1n) is 8.45. The SMILES string of the molecule is C/C=C(/C(=O)O)c1ccccc1COC/C=N/OCCc1ccccc1. The molecule has 0 fully saturated rings. The van der Waals surface area contributed by atoms with E-state index in [0.29, 0.717) is 18.8 Å². The maximum atomic E-state index is 11.3. The first-order chi connectivity index (χ1) is 12.7. The van der Waals surface area contributed by atoms with E-state index in [2.05, 4.69) is 5.16 Å². The highest BCUT2D eigenvalue weighted by molar-refractivity contribution is 6.15. The fourth-order valence-electron chi connectivity index (χ4n) is 2.47. The van der Waals surface area contributed by atoms with Crippen molar-refractivity contribution in [1.29, 1.82) is 0 Å². The van der Waals surface area contributed by atoms with Gasteiger partial charge in [-0.2, -0.15) is 0 Å². The van der Waals surface area contributed by atoms with Crippen LogP contribution in [0.3, 0.4) is 0 Å². The predicted molar refractivity (Wildman–Crippen MR) is 102 cm³/mol. The van der Waals surface area contributed by atoms with Gasteiger partial charge in [-0.15, -0.1) is 0 Å². The van der Waals surface area contributed by atoms with E-state index < -0.39 is 5.97 Å². The third kappa shape index (κ3) is 6.18. The Balaban J connectivity index is 1.74. The van der Waals surface area contributed by atoms with Crippen molar-refractivity contribution in [2.75, 3.05) is 13.2 Å². The Hall–Kier alpha value is -2.92. The minimum absolute atomic E-state index is 0.266. The first kappa shape index (κ1) is 19.4. The zero-order valence-electron chi connectivity index (χ0n) is 14.8. The van der Waals surface area contributed by atoms with Crippen LogP contribution in [0.2, 0.25) is 0 Å². The van der Waals surface area contributed by atoms with Crippen molar-refractivity contribution < 1.29 is 19.5 Å². The lowest BCUT2D eigenvalue weighted by Crippen LogP contribution is -2.05. The van der Waals surface area contributed by atoms with Crippen LogP contribution < -0.4 is 0 Å². The standard InChI is InChI=1S/C21H23NO4/c1-2-19(21(23)24)20-11-7-6-10-18(20)16-25-15-13-22-26-14-12-17-8-4-3-5-9-17/h2-11,13H,12,14-16H2,1H3,(H,23,24)/b19-2+,22-13+. The molecule has 2 aromatic rings. The monoisotopic (exact) mass is 353 g/mol. The van der Waals surface area contributed by atoms with Crippen LogP contribution in [0, 0.1) is 0 Å². The van der Waals surface area contributed by atoms with Crippen LogP contribution in [0.25, 0.3) is 5.57 Å². The molecular formula is C21H23NO4. The highest BCUT2D eigenvalue weighted by Gasteiger charge is 2.12. The van der Waals surface area contributed by atoms with Gasteiger partial charge in [0.15, 0.2) is 0 Å². The molecular weight excluding hydrogens is 330 g/mol. The Labute approximate surface area is 153 Å². The Morgan fingerprint density at radius 1 is 1.12 bits per heavy atom. The van der Waals surface area contributed by atoms with Gasteiger partial charge >= 0.3 is 5.97 Å². The molecule has 0 bridgehead atoms. The van der Waals surface area contributed by atoms with Crippen molar-refractivity contribution in [3.05, 3.63) is 77.4 Å². The van der Waals surface area contributed by atoms with Crippen molar-refractivity contribution in [2.45, 2.75) is 20.0 Å². The summed E-state index contributed by atoms with van der Waals surface area (Å²) < 4.78 is 5.55. The molecule has 1 N–H and O–H groups in total. The van der Waals surface area contributed by atoms with E-state index in [9.17, 15) is 9.90 Å². The lowest BCUT2D eigenvalue weighted by Gasteiger charge is -2.09. The zero-order chi connectivity index (χ0) is 18.6. The van der Waals surface area contributed by atoms with Gasteiger partial charge in [0.2, 0.25) is 0 Å². The molecule has 0 amide bonds. The minimum Gasteiger partial charge on any atom is -0.478 e. The van der Waals surface area contributed by atoms with Gasteiger partial charge in [0.1, 0.15) is 6.61 Å². The highest BCUT2D eigenvalue weighted by Crippen LogP contribution is 2.20. The number of carboxylic acid groups (broad SMARTS) is 1.